The maximum atomic E-state index is 5.89. The molecule has 1 rings (SSSR count). The average molecular weight is 287 g/mol. The minimum atomic E-state index is 0.267. The zero-order chi connectivity index (χ0) is 12.0. The first-order valence-electron chi connectivity index (χ1n) is 5.64. The molecular weight excluding hydrogens is 268 g/mol. The predicted molar refractivity (Wildman–Crippen MR) is 70.6 cm³/mol. The summed E-state index contributed by atoms with van der Waals surface area (Å²) >= 11 is 3.43. The van der Waals surface area contributed by atoms with Crippen molar-refractivity contribution in [1.29, 1.82) is 0 Å². The highest BCUT2D eigenvalue weighted by Crippen LogP contribution is 2.30. The van der Waals surface area contributed by atoms with E-state index in [1.165, 1.54) is 5.56 Å². The molecule has 0 N–H and O–H groups in total. The van der Waals surface area contributed by atoms with Crippen molar-refractivity contribution in [3.8, 4) is 11.5 Å². The van der Waals surface area contributed by atoms with Gasteiger partial charge in [-0.25, -0.2) is 0 Å². The highest BCUT2D eigenvalue weighted by Gasteiger charge is 2.10. The zero-order valence-corrected chi connectivity index (χ0v) is 11.7. The van der Waals surface area contributed by atoms with Crippen LogP contribution >= 0.6 is 15.9 Å². The number of ether oxygens (including phenoxy) is 2. The number of hydrogen-bond acceptors (Lipinski definition) is 2. The summed E-state index contributed by atoms with van der Waals surface area (Å²) in [5.74, 6) is 1.64. The second-order valence-corrected chi connectivity index (χ2v) is 4.24. The Bertz CT molecular complexity index is 322. The van der Waals surface area contributed by atoms with Gasteiger partial charge < -0.3 is 9.47 Å². The maximum Gasteiger partial charge on any atom is 0.161 e. The van der Waals surface area contributed by atoms with Gasteiger partial charge in [0.05, 0.1) is 13.2 Å². The molecule has 3 heteroatoms. The highest BCUT2D eigenvalue weighted by molar-refractivity contribution is 9.08. The van der Waals surface area contributed by atoms with Crippen molar-refractivity contribution < 1.29 is 9.47 Å². The largest absolute Gasteiger partial charge is 0.493 e. The van der Waals surface area contributed by atoms with Crippen LogP contribution in [0.4, 0.5) is 0 Å². The van der Waals surface area contributed by atoms with E-state index in [2.05, 4.69) is 35.8 Å². The molecule has 0 fully saturated rings. The normalized spacial score (nSPS) is 10.6. The number of alkyl halides is 1. The van der Waals surface area contributed by atoms with Crippen molar-refractivity contribution in [3.05, 3.63) is 23.8 Å². The van der Waals surface area contributed by atoms with Gasteiger partial charge in [-0.2, -0.15) is 0 Å². The Morgan fingerprint density at radius 2 is 1.88 bits per heavy atom. The topological polar surface area (TPSA) is 18.5 Å². The van der Waals surface area contributed by atoms with E-state index in [0.29, 0.717) is 0 Å². The minimum absolute atomic E-state index is 0.267. The van der Waals surface area contributed by atoms with E-state index < -0.39 is 0 Å². The summed E-state index contributed by atoms with van der Waals surface area (Å²) in [6.45, 7) is 4.26. The summed E-state index contributed by atoms with van der Waals surface area (Å²) < 4.78 is 11.2. The Kier molecular flexibility index (Phi) is 5.67. The Balaban J connectivity index is 2.86. The molecule has 0 atom stereocenters. The van der Waals surface area contributed by atoms with E-state index >= 15 is 0 Å². The highest BCUT2D eigenvalue weighted by atomic mass is 79.9. The molecule has 0 aliphatic rings. The lowest BCUT2D eigenvalue weighted by atomic mass is 10.2. The summed E-state index contributed by atoms with van der Waals surface area (Å²) in [6.07, 6.45) is 2.29. The molecule has 0 aromatic heterocycles. The third kappa shape index (κ3) is 3.41. The summed E-state index contributed by atoms with van der Waals surface area (Å²) in [7, 11) is 1.67. The van der Waals surface area contributed by atoms with Gasteiger partial charge in [-0.05, 0) is 30.5 Å². The van der Waals surface area contributed by atoms with Gasteiger partial charge in [0.15, 0.2) is 11.5 Å². The van der Waals surface area contributed by atoms with Gasteiger partial charge in [0.1, 0.15) is 0 Å². The Morgan fingerprint density at radius 1 is 1.19 bits per heavy atom. The zero-order valence-electron chi connectivity index (χ0n) is 10.1. The van der Waals surface area contributed by atoms with Crippen molar-refractivity contribution in [1.82, 2.24) is 0 Å². The summed E-state index contributed by atoms with van der Waals surface area (Å²) in [5.41, 5.74) is 1.19. The number of benzene rings is 1. The molecule has 16 heavy (non-hydrogen) atoms. The van der Waals surface area contributed by atoms with Crippen LogP contribution in [0.1, 0.15) is 32.3 Å². The van der Waals surface area contributed by atoms with Crippen LogP contribution in [0.5, 0.6) is 11.5 Å². The van der Waals surface area contributed by atoms with E-state index in [0.717, 1.165) is 29.7 Å². The second-order valence-electron chi connectivity index (χ2n) is 3.68. The lowest BCUT2D eigenvalue weighted by molar-refractivity contribution is 0.185. The first-order chi connectivity index (χ1) is 7.74. The smallest absolute Gasteiger partial charge is 0.161 e. The molecule has 0 radical (unpaired) electrons. The molecular formula is C13H19BrO2. The van der Waals surface area contributed by atoms with Gasteiger partial charge in [-0.1, -0.05) is 35.8 Å². The SMILES string of the molecule is CCC(CC)Oc1ccc(CBr)cc1OC. The second kappa shape index (κ2) is 6.79. The van der Waals surface area contributed by atoms with Crippen molar-refractivity contribution in [3.63, 3.8) is 0 Å². The molecule has 0 unspecified atom stereocenters. The van der Waals surface area contributed by atoms with Crippen LogP contribution < -0.4 is 9.47 Å². The summed E-state index contributed by atoms with van der Waals surface area (Å²) in [5, 5.41) is 0.828. The van der Waals surface area contributed by atoms with Crippen molar-refractivity contribution >= 4 is 15.9 Å². The van der Waals surface area contributed by atoms with Crippen molar-refractivity contribution in [2.24, 2.45) is 0 Å². The van der Waals surface area contributed by atoms with Crippen LogP contribution in [0.15, 0.2) is 18.2 Å². The van der Waals surface area contributed by atoms with Gasteiger partial charge in [-0.15, -0.1) is 0 Å². The standard InChI is InChI=1S/C13H19BrO2/c1-4-11(5-2)16-12-7-6-10(9-14)8-13(12)15-3/h6-8,11H,4-5,9H2,1-3H3. The molecule has 0 saturated heterocycles. The minimum Gasteiger partial charge on any atom is -0.493 e. The van der Waals surface area contributed by atoms with E-state index in [4.69, 9.17) is 9.47 Å². The Morgan fingerprint density at radius 3 is 2.38 bits per heavy atom. The monoisotopic (exact) mass is 286 g/mol. The van der Waals surface area contributed by atoms with Crippen LogP contribution in [0.25, 0.3) is 0 Å². The lowest BCUT2D eigenvalue weighted by Gasteiger charge is -2.18. The fourth-order valence-corrected chi connectivity index (χ4v) is 1.88. The number of halogens is 1. The molecule has 0 amide bonds. The van der Waals surface area contributed by atoms with Crippen LogP contribution in [0.3, 0.4) is 0 Å². The molecule has 0 spiro atoms. The lowest BCUT2D eigenvalue weighted by Crippen LogP contribution is -2.14. The van der Waals surface area contributed by atoms with Gasteiger partial charge in [0, 0.05) is 5.33 Å². The van der Waals surface area contributed by atoms with E-state index in [9.17, 15) is 0 Å². The van der Waals surface area contributed by atoms with E-state index in [-0.39, 0.29) is 6.10 Å². The summed E-state index contributed by atoms with van der Waals surface area (Å²) in [4.78, 5) is 0. The number of rotatable bonds is 6. The van der Waals surface area contributed by atoms with Gasteiger partial charge in [0.2, 0.25) is 0 Å². The predicted octanol–water partition coefficient (Wildman–Crippen LogP) is 4.16. The van der Waals surface area contributed by atoms with Crippen LogP contribution in [0, 0.1) is 0 Å². The quantitative estimate of drug-likeness (QED) is 0.731. The Hall–Kier alpha value is -0.700. The van der Waals surface area contributed by atoms with Crippen LogP contribution in [-0.2, 0) is 5.33 Å². The van der Waals surface area contributed by atoms with Crippen LogP contribution in [-0.4, -0.2) is 13.2 Å². The average Bonchev–Trinajstić information content (AvgIpc) is 2.35. The fourth-order valence-electron chi connectivity index (χ4n) is 1.53. The molecule has 1 aromatic carbocycles. The van der Waals surface area contributed by atoms with Gasteiger partial charge >= 0.3 is 0 Å². The molecule has 0 saturated carbocycles. The molecule has 0 bridgehead atoms. The molecule has 90 valence electrons. The molecule has 0 aliphatic carbocycles. The van der Waals surface area contributed by atoms with Crippen LogP contribution in [0.2, 0.25) is 0 Å². The molecule has 0 heterocycles. The number of hydrogen-bond donors (Lipinski definition) is 0. The first kappa shape index (κ1) is 13.4. The summed E-state index contributed by atoms with van der Waals surface area (Å²) in [6, 6.07) is 6.04. The van der Waals surface area contributed by atoms with Crippen molar-refractivity contribution in [2.75, 3.05) is 7.11 Å². The maximum absolute atomic E-state index is 5.89. The van der Waals surface area contributed by atoms with Gasteiger partial charge in [-0.3, -0.25) is 0 Å². The third-order valence-corrected chi connectivity index (χ3v) is 3.23. The third-order valence-electron chi connectivity index (χ3n) is 2.59. The first-order valence-corrected chi connectivity index (χ1v) is 6.76. The van der Waals surface area contributed by atoms with Crippen molar-refractivity contribution in [2.45, 2.75) is 38.1 Å². The van der Waals surface area contributed by atoms with E-state index in [1.807, 2.05) is 12.1 Å². The fraction of sp³-hybridized carbons (Fsp3) is 0.538. The van der Waals surface area contributed by atoms with Gasteiger partial charge in [0.25, 0.3) is 0 Å². The van der Waals surface area contributed by atoms with E-state index in [1.54, 1.807) is 7.11 Å². The molecule has 0 aliphatic heterocycles. The Labute approximate surface area is 106 Å². The molecule has 2 nitrogen and oxygen atoms in total. The molecule has 1 aromatic rings. The number of methoxy groups -OCH3 is 1.